The topological polar surface area (TPSA) is 105 Å². The summed E-state index contributed by atoms with van der Waals surface area (Å²) in [6.07, 6.45) is 80.9. The first kappa shape index (κ1) is 75.2. The zero-order valence-electron chi connectivity index (χ0n) is 51.7. The number of phosphoric acid groups is 1. The van der Waals surface area contributed by atoms with E-state index in [-0.39, 0.29) is 19.1 Å². The quantitative estimate of drug-likeness (QED) is 0.0243. The van der Waals surface area contributed by atoms with Crippen molar-refractivity contribution in [3.63, 3.8) is 0 Å². The SMILES string of the molecule is CCCCCCC/C=C\C/C=C\CCCCCCCCCCCCCCCCCCCCCCCCCCCCCC(=O)NC(COP(=O)(O)OCC[N+](C)(C)C)C(O)/C=C/CC/C=C/CC/C=C/CCCCCCCC. The van der Waals surface area contributed by atoms with Crippen molar-refractivity contribution in [3.05, 3.63) is 60.8 Å². The Balaban J connectivity index is 3.93. The summed E-state index contributed by atoms with van der Waals surface area (Å²) < 4.78 is 23.7. The lowest BCUT2D eigenvalue weighted by Crippen LogP contribution is -2.45. The minimum absolute atomic E-state index is 0.0539. The maximum absolute atomic E-state index is 13.0. The molecule has 0 bridgehead atoms. The number of aliphatic hydroxyl groups is 1. The minimum atomic E-state index is -4.36. The van der Waals surface area contributed by atoms with Crippen molar-refractivity contribution in [2.45, 2.75) is 328 Å². The average Bonchev–Trinajstić information content (AvgIpc) is 3.39. The van der Waals surface area contributed by atoms with Gasteiger partial charge in [-0.25, -0.2) is 4.57 Å². The Morgan fingerprint density at radius 3 is 1.12 bits per heavy atom. The van der Waals surface area contributed by atoms with Gasteiger partial charge in [0.1, 0.15) is 13.2 Å². The van der Waals surface area contributed by atoms with E-state index in [9.17, 15) is 19.4 Å². The van der Waals surface area contributed by atoms with E-state index in [1.807, 2.05) is 27.2 Å². The van der Waals surface area contributed by atoms with Crippen molar-refractivity contribution in [1.29, 1.82) is 0 Å². The number of carbonyl (C=O) groups is 1. The summed E-state index contributed by atoms with van der Waals surface area (Å²) in [6.45, 7) is 4.79. The van der Waals surface area contributed by atoms with Crippen LogP contribution in [0.2, 0.25) is 0 Å². The highest BCUT2D eigenvalue weighted by molar-refractivity contribution is 7.47. The smallest absolute Gasteiger partial charge is 0.387 e. The number of hydrogen-bond acceptors (Lipinski definition) is 5. The summed E-state index contributed by atoms with van der Waals surface area (Å²) in [4.78, 5) is 23.3. The molecule has 0 aliphatic heterocycles. The fraction of sp³-hybridized carbons (Fsp3) is 0.838. The first-order valence-electron chi connectivity index (χ1n) is 33.2. The molecule has 0 aromatic carbocycles. The van der Waals surface area contributed by atoms with Crippen LogP contribution in [0.15, 0.2) is 60.8 Å². The van der Waals surface area contributed by atoms with Crippen LogP contribution in [0.25, 0.3) is 0 Å². The third-order valence-electron chi connectivity index (χ3n) is 14.9. The lowest BCUT2D eigenvalue weighted by atomic mass is 10.0. The molecule has 0 rings (SSSR count). The van der Waals surface area contributed by atoms with Crippen LogP contribution in [0.1, 0.15) is 316 Å². The van der Waals surface area contributed by atoms with Gasteiger partial charge in [-0.3, -0.25) is 13.8 Å². The Kier molecular flexibility index (Phi) is 57.5. The summed E-state index contributed by atoms with van der Waals surface area (Å²) in [7, 11) is 1.55. The number of rotatable bonds is 61. The molecule has 0 heterocycles. The van der Waals surface area contributed by atoms with E-state index >= 15 is 0 Å². The van der Waals surface area contributed by atoms with Gasteiger partial charge in [-0.1, -0.05) is 293 Å². The Labute approximate surface area is 479 Å². The number of amides is 1. The molecule has 3 atom stereocenters. The number of allylic oxidation sites excluding steroid dienone is 9. The van der Waals surface area contributed by atoms with Gasteiger partial charge in [-0.15, -0.1) is 0 Å². The predicted octanol–water partition coefficient (Wildman–Crippen LogP) is 20.8. The maximum atomic E-state index is 13.0. The van der Waals surface area contributed by atoms with Gasteiger partial charge in [-0.05, 0) is 77.0 Å². The first-order chi connectivity index (χ1) is 37.5. The average molecular weight is 1100 g/mol. The molecule has 77 heavy (non-hydrogen) atoms. The van der Waals surface area contributed by atoms with Gasteiger partial charge in [0.05, 0.1) is 39.9 Å². The fourth-order valence-electron chi connectivity index (χ4n) is 9.75. The van der Waals surface area contributed by atoms with Crippen molar-refractivity contribution in [2.24, 2.45) is 0 Å². The lowest BCUT2D eigenvalue weighted by molar-refractivity contribution is -0.870. The number of unbranched alkanes of at least 4 members (excludes halogenated alkanes) is 40. The standard InChI is InChI=1S/C68H129N2O6P/c1-6-8-10-12-14-16-18-20-22-24-25-26-27-28-29-30-31-32-33-34-35-36-37-38-39-40-41-42-43-44-45-46-48-50-52-54-56-58-60-62-68(72)69-66(65-76-77(73,74)75-64-63-70(3,4)5)67(71)61-59-57-55-53-51-49-47-23-21-19-17-15-13-11-9-7-2/h18,20-21,23-25,51,53,59,61,66-67,71H,6-17,19,22,26-50,52,54-58,60,62-65H2,1-5H3,(H-,69,72,73,74)/p+1/b20-18-,23-21+,25-24-,53-51+,61-59+. The molecule has 0 aromatic rings. The molecule has 3 N–H and O–H groups in total. The Bertz CT molecular complexity index is 1440. The van der Waals surface area contributed by atoms with E-state index in [1.165, 1.54) is 244 Å². The van der Waals surface area contributed by atoms with Gasteiger partial charge in [0.15, 0.2) is 0 Å². The van der Waals surface area contributed by atoms with Crippen LogP contribution in [0.3, 0.4) is 0 Å². The molecular formula is C68H130N2O6P+. The Morgan fingerprint density at radius 1 is 0.442 bits per heavy atom. The minimum Gasteiger partial charge on any atom is -0.387 e. The normalized spacial score (nSPS) is 14.1. The van der Waals surface area contributed by atoms with Crippen molar-refractivity contribution >= 4 is 13.7 Å². The second kappa shape index (κ2) is 58.8. The Morgan fingerprint density at radius 2 is 0.753 bits per heavy atom. The molecule has 0 saturated carbocycles. The molecule has 0 saturated heterocycles. The monoisotopic (exact) mass is 1100 g/mol. The number of carbonyl (C=O) groups excluding carboxylic acids is 1. The van der Waals surface area contributed by atoms with Gasteiger partial charge >= 0.3 is 7.82 Å². The first-order valence-corrected chi connectivity index (χ1v) is 34.7. The van der Waals surface area contributed by atoms with Crippen LogP contribution in [-0.4, -0.2) is 73.4 Å². The lowest BCUT2D eigenvalue weighted by Gasteiger charge is -2.25. The number of aliphatic hydroxyl groups excluding tert-OH is 1. The molecular weight excluding hydrogens is 972 g/mol. The maximum Gasteiger partial charge on any atom is 0.472 e. The summed E-state index contributed by atoms with van der Waals surface area (Å²) in [5.41, 5.74) is 0. The van der Waals surface area contributed by atoms with Gasteiger partial charge in [0.2, 0.25) is 5.91 Å². The fourth-order valence-corrected chi connectivity index (χ4v) is 10.5. The molecule has 0 radical (unpaired) electrons. The van der Waals surface area contributed by atoms with Crippen molar-refractivity contribution in [2.75, 3.05) is 40.9 Å². The zero-order chi connectivity index (χ0) is 56.3. The van der Waals surface area contributed by atoms with E-state index in [1.54, 1.807) is 6.08 Å². The van der Waals surface area contributed by atoms with E-state index in [0.29, 0.717) is 17.4 Å². The zero-order valence-corrected chi connectivity index (χ0v) is 52.6. The number of nitrogens with one attached hydrogen (secondary N) is 1. The molecule has 0 spiro atoms. The summed E-state index contributed by atoms with van der Waals surface area (Å²) in [5.74, 6) is -0.187. The van der Waals surface area contributed by atoms with Gasteiger partial charge in [-0.2, -0.15) is 0 Å². The number of phosphoric ester groups is 1. The molecule has 0 fully saturated rings. The Hall–Kier alpha value is -1.80. The van der Waals surface area contributed by atoms with E-state index in [0.717, 1.165) is 51.4 Å². The molecule has 0 aromatic heterocycles. The summed E-state index contributed by atoms with van der Waals surface area (Å²) in [5, 5.41) is 13.9. The van der Waals surface area contributed by atoms with Crippen molar-refractivity contribution in [3.8, 4) is 0 Å². The number of quaternary nitrogens is 1. The highest BCUT2D eigenvalue weighted by atomic mass is 31.2. The highest BCUT2D eigenvalue weighted by Gasteiger charge is 2.28. The van der Waals surface area contributed by atoms with Crippen molar-refractivity contribution in [1.82, 2.24) is 5.32 Å². The van der Waals surface area contributed by atoms with Crippen LogP contribution >= 0.6 is 7.82 Å². The van der Waals surface area contributed by atoms with E-state index in [4.69, 9.17) is 9.05 Å². The molecule has 0 aliphatic rings. The third kappa shape index (κ3) is 61.7. The van der Waals surface area contributed by atoms with Crippen LogP contribution in [-0.2, 0) is 18.4 Å². The molecule has 452 valence electrons. The van der Waals surface area contributed by atoms with Crippen LogP contribution < -0.4 is 5.32 Å². The highest BCUT2D eigenvalue weighted by Crippen LogP contribution is 2.43. The molecule has 9 heteroatoms. The predicted molar refractivity (Wildman–Crippen MR) is 337 cm³/mol. The van der Waals surface area contributed by atoms with Crippen molar-refractivity contribution < 1.29 is 32.9 Å². The van der Waals surface area contributed by atoms with Gasteiger partial charge in [0, 0.05) is 6.42 Å². The number of hydrogen-bond donors (Lipinski definition) is 3. The largest absolute Gasteiger partial charge is 0.472 e. The third-order valence-corrected chi connectivity index (χ3v) is 15.9. The van der Waals surface area contributed by atoms with Crippen LogP contribution in [0.4, 0.5) is 0 Å². The molecule has 3 unspecified atom stereocenters. The van der Waals surface area contributed by atoms with Gasteiger partial charge in [0.25, 0.3) is 0 Å². The van der Waals surface area contributed by atoms with Gasteiger partial charge < -0.3 is 19.8 Å². The number of nitrogens with zero attached hydrogens (tertiary/aromatic N) is 1. The van der Waals surface area contributed by atoms with E-state index < -0.39 is 20.0 Å². The summed E-state index contributed by atoms with van der Waals surface area (Å²) in [6, 6.07) is -0.870. The molecule has 1 amide bonds. The number of likely N-dealkylation sites (N-methyl/N-ethyl adjacent to an activating group) is 1. The molecule has 8 nitrogen and oxygen atoms in total. The second-order valence-corrected chi connectivity index (χ2v) is 25.3. The van der Waals surface area contributed by atoms with E-state index in [2.05, 4.69) is 67.8 Å². The summed E-state index contributed by atoms with van der Waals surface area (Å²) >= 11 is 0. The van der Waals surface area contributed by atoms with Crippen LogP contribution in [0, 0.1) is 0 Å². The second-order valence-electron chi connectivity index (χ2n) is 23.8. The van der Waals surface area contributed by atoms with Crippen LogP contribution in [0.5, 0.6) is 0 Å². The molecule has 0 aliphatic carbocycles.